The van der Waals surface area contributed by atoms with Gasteiger partial charge in [-0.1, -0.05) is 25.7 Å². The average molecular weight is 303 g/mol. The van der Waals surface area contributed by atoms with Gasteiger partial charge >= 0.3 is 0 Å². The van der Waals surface area contributed by atoms with Crippen LogP contribution in [0.4, 0.5) is 5.69 Å². The number of anilines is 1. The zero-order valence-electron chi connectivity index (χ0n) is 13.1. The monoisotopic (exact) mass is 303 g/mol. The fourth-order valence-corrected chi connectivity index (χ4v) is 3.23. The van der Waals surface area contributed by atoms with E-state index in [1.54, 1.807) is 6.20 Å². The number of carbonyl (C=O) groups is 1. The van der Waals surface area contributed by atoms with Crippen LogP contribution in [-0.2, 0) is 4.74 Å². The molecular formula is C17H25N3O2. The van der Waals surface area contributed by atoms with Crippen molar-refractivity contribution < 1.29 is 9.53 Å². The van der Waals surface area contributed by atoms with E-state index >= 15 is 0 Å². The summed E-state index contributed by atoms with van der Waals surface area (Å²) >= 11 is 0. The van der Waals surface area contributed by atoms with E-state index in [-0.39, 0.29) is 5.91 Å². The molecule has 2 aliphatic rings. The van der Waals surface area contributed by atoms with Crippen LogP contribution in [0.2, 0.25) is 0 Å². The predicted molar refractivity (Wildman–Crippen MR) is 86.1 cm³/mol. The first-order valence-electron chi connectivity index (χ1n) is 8.42. The molecule has 2 fully saturated rings. The second-order valence-electron chi connectivity index (χ2n) is 6.17. The second kappa shape index (κ2) is 7.58. The number of carbonyl (C=O) groups excluding carboxylic acids is 1. The van der Waals surface area contributed by atoms with E-state index in [4.69, 9.17) is 4.74 Å². The number of morpholine rings is 1. The lowest BCUT2D eigenvalue weighted by molar-refractivity contribution is 0.0299. The van der Waals surface area contributed by atoms with Gasteiger partial charge in [0.2, 0.25) is 0 Å². The molecule has 1 N–H and O–H groups in total. The molecule has 0 aromatic carbocycles. The molecular weight excluding hydrogens is 278 g/mol. The van der Waals surface area contributed by atoms with Crippen molar-refractivity contribution in [2.75, 3.05) is 31.6 Å². The normalized spacial score (nSPS) is 20.5. The summed E-state index contributed by atoms with van der Waals surface area (Å²) in [6.45, 7) is 2.54. The number of rotatable bonds is 3. The summed E-state index contributed by atoms with van der Waals surface area (Å²) in [4.78, 5) is 18.6. The number of nitrogens with zero attached hydrogens (tertiary/aromatic N) is 2. The van der Waals surface area contributed by atoms with Crippen molar-refractivity contribution in [3.8, 4) is 0 Å². The Morgan fingerprint density at radius 3 is 2.64 bits per heavy atom. The number of aromatic nitrogens is 1. The summed E-state index contributed by atoms with van der Waals surface area (Å²) in [5.41, 5.74) is 1.54. The SMILES string of the molecule is O=C(c1cc(NC2CCCCCC2)ccn1)N1CCOCC1. The Kier molecular flexibility index (Phi) is 5.27. The van der Waals surface area contributed by atoms with Gasteiger partial charge in [0.05, 0.1) is 13.2 Å². The zero-order valence-corrected chi connectivity index (χ0v) is 13.1. The molecule has 0 atom stereocenters. The molecule has 3 rings (SSSR count). The number of pyridine rings is 1. The number of hydrogen-bond donors (Lipinski definition) is 1. The molecule has 1 aliphatic carbocycles. The largest absolute Gasteiger partial charge is 0.382 e. The minimum atomic E-state index is 0.00724. The number of ether oxygens (including phenoxy) is 1. The summed E-state index contributed by atoms with van der Waals surface area (Å²) < 4.78 is 5.30. The quantitative estimate of drug-likeness (QED) is 0.872. The number of amides is 1. The molecule has 120 valence electrons. The molecule has 5 heteroatoms. The van der Waals surface area contributed by atoms with Crippen LogP contribution in [0.25, 0.3) is 0 Å². The first-order valence-corrected chi connectivity index (χ1v) is 8.42. The van der Waals surface area contributed by atoms with E-state index in [0.29, 0.717) is 38.0 Å². The van der Waals surface area contributed by atoms with Crippen LogP contribution in [-0.4, -0.2) is 48.1 Å². The van der Waals surface area contributed by atoms with Gasteiger partial charge in [-0.15, -0.1) is 0 Å². The fourth-order valence-electron chi connectivity index (χ4n) is 3.23. The molecule has 5 nitrogen and oxygen atoms in total. The Balaban J connectivity index is 1.64. The first-order chi connectivity index (χ1) is 10.8. The maximum Gasteiger partial charge on any atom is 0.272 e. The van der Waals surface area contributed by atoms with Gasteiger partial charge < -0.3 is 15.0 Å². The van der Waals surface area contributed by atoms with E-state index in [2.05, 4.69) is 10.3 Å². The van der Waals surface area contributed by atoms with Gasteiger partial charge in [0.25, 0.3) is 5.91 Å². The lowest BCUT2D eigenvalue weighted by atomic mass is 10.1. The Hall–Kier alpha value is -1.62. The van der Waals surface area contributed by atoms with Crippen molar-refractivity contribution in [2.45, 2.75) is 44.6 Å². The van der Waals surface area contributed by atoms with Crippen LogP contribution < -0.4 is 5.32 Å². The average Bonchev–Trinajstić information content (AvgIpc) is 2.84. The van der Waals surface area contributed by atoms with Crippen LogP contribution >= 0.6 is 0 Å². The highest BCUT2D eigenvalue weighted by atomic mass is 16.5. The summed E-state index contributed by atoms with van der Waals surface area (Å²) in [6, 6.07) is 4.38. The Morgan fingerprint density at radius 1 is 1.18 bits per heavy atom. The molecule has 0 unspecified atom stereocenters. The van der Waals surface area contributed by atoms with Crippen molar-refractivity contribution >= 4 is 11.6 Å². The van der Waals surface area contributed by atoms with Crippen molar-refractivity contribution in [2.24, 2.45) is 0 Å². The maximum atomic E-state index is 12.5. The van der Waals surface area contributed by atoms with E-state index in [1.165, 1.54) is 38.5 Å². The van der Waals surface area contributed by atoms with Crippen molar-refractivity contribution in [3.05, 3.63) is 24.0 Å². The molecule has 2 heterocycles. The summed E-state index contributed by atoms with van der Waals surface area (Å²) in [6.07, 6.45) is 9.44. The third-order valence-electron chi connectivity index (χ3n) is 4.50. The van der Waals surface area contributed by atoms with Crippen molar-refractivity contribution in [3.63, 3.8) is 0 Å². The van der Waals surface area contributed by atoms with Crippen LogP contribution in [0.1, 0.15) is 49.0 Å². The van der Waals surface area contributed by atoms with E-state index in [9.17, 15) is 4.79 Å². The highest BCUT2D eigenvalue weighted by Gasteiger charge is 2.20. The first kappa shape index (κ1) is 15.3. The molecule has 1 aromatic heterocycles. The van der Waals surface area contributed by atoms with Gasteiger partial charge in [-0.25, -0.2) is 0 Å². The third-order valence-corrected chi connectivity index (χ3v) is 4.50. The lowest BCUT2D eigenvalue weighted by Gasteiger charge is -2.26. The highest BCUT2D eigenvalue weighted by molar-refractivity contribution is 5.93. The number of nitrogens with one attached hydrogen (secondary N) is 1. The molecule has 1 aliphatic heterocycles. The minimum absolute atomic E-state index is 0.00724. The highest BCUT2D eigenvalue weighted by Crippen LogP contribution is 2.21. The molecule has 0 spiro atoms. The van der Waals surface area contributed by atoms with Gasteiger partial charge in [0.15, 0.2) is 0 Å². The Bertz CT molecular complexity index is 492. The van der Waals surface area contributed by atoms with Gasteiger partial charge in [0.1, 0.15) is 5.69 Å². The van der Waals surface area contributed by atoms with Gasteiger partial charge in [0, 0.05) is 31.0 Å². The predicted octanol–water partition coefficient (Wildman–Crippen LogP) is 2.69. The van der Waals surface area contributed by atoms with Crippen LogP contribution in [0.3, 0.4) is 0 Å². The van der Waals surface area contributed by atoms with Gasteiger partial charge in [-0.05, 0) is 25.0 Å². The lowest BCUT2D eigenvalue weighted by Crippen LogP contribution is -2.41. The summed E-state index contributed by atoms with van der Waals surface area (Å²) in [5, 5.41) is 3.58. The second-order valence-corrected chi connectivity index (χ2v) is 6.17. The fraction of sp³-hybridized carbons (Fsp3) is 0.647. The topological polar surface area (TPSA) is 54.5 Å². The molecule has 1 saturated carbocycles. The Morgan fingerprint density at radius 2 is 1.91 bits per heavy atom. The summed E-state index contributed by atoms with van der Waals surface area (Å²) in [7, 11) is 0. The van der Waals surface area contributed by atoms with Crippen LogP contribution in [0, 0.1) is 0 Å². The van der Waals surface area contributed by atoms with Crippen LogP contribution in [0.15, 0.2) is 18.3 Å². The maximum absolute atomic E-state index is 12.5. The van der Waals surface area contributed by atoms with Crippen LogP contribution in [0.5, 0.6) is 0 Å². The summed E-state index contributed by atoms with van der Waals surface area (Å²) in [5.74, 6) is 0.00724. The van der Waals surface area contributed by atoms with E-state index in [1.807, 2.05) is 17.0 Å². The molecule has 0 radical (unpaired) electrons. The van der Waals surface area contributed by atoms with Gasteiger partial charge in [-0.3, -0.25) is 9.78 Å². The standard InChI is InChI=1S/C17H25N3O2/c21-17(20-9-11-22-12-10-20)16-13-15(7-8-18-16)19-14-5-3-1-2-4-6-14/h7-8,13-14H,1-6,9-12H2,(H,18,19). The molecule has 1 saturated heterocycles. The van der Waals surface area contributed by atoms with Gasteiger partial charge in [-0.2, -0.15) is 0 Å². The molecule has 22 heavy (non-hydrogen) atoms. The molecule has 1 amide bonds. The molecule has 0 bridgehead atoms. The van der Waals surface area contributed by atoms with Crippen molar-refractivity contribution in [1.29, 1.82) is 0 Å². The zero-order chi connectivity index (χ0) is 15.2. The minimum Gasteiger partial charge on any atom is -0.382 e. The smallest absolute Gasteiger partial charge is 0.272 e. The van der Waals surface area contributed by atoms with E-state index in [0.717, 1.165) is 5.69 Å². The Labute approximate surface area is 132 Å². The number of hydrogen-bond acceptors (Lipinski definition) is 4. The molecule has 1 aromatic rings. The van der Waals surface area contributed by atoms with E-state index < -0.39 is 0 Å². The third kappa shape index (κ3) is 3.97. The van der Waals surface area contributed by atoms with Crippen molar-refractivity contribution in [1.82, 2.24) is 9.88 Å².